The van der Waals surface area contributed by atoms with Gasteiger partial charge >= 0.3 is 5.97 Å². The second-order valence-corrected chi connectivity index (χ2v) is 7.96. The lowest BCUT2D eigenvalue weighted by Crippen LogP contribution is -2.53. The SMILES string of the molecule is CCC1CC1(NC(=O)C1CCCN1C(=O)CONC(C)(C)C)C(=O)O. The maximum Gasteiger partial charge on any atom is 0.329 e. The summed E-state index contributed by atoms with van der Waals surface area (Å²) in [6.45, 7) is 7.96. The third-order valence-electron chi connectivity index (χ3n) is 4.78. The third kappa shape index (κ3) is 4.49. The molecule has 142 valence electrons. The number of likely N-dealkylation sites (tertiary alicyclic amines) is 1. The van der Waals surface area contributed by atoms with Crippen LogP contribution in [0.2, 0.25) is 0 Å². The molecule has 1 saturated heterocycles. The van der Waals surface area contributed by atoms with E-state index in [1.165, 1.54) is 4.90 Å². The van der Waals surface area contributed by atoms with E-state index in [2.05, 4.69) is 10.8 Å². The number of carbonyl (C=O) groups excluding carboxylic acids is 2. The highest BCUT2D eigenvalue weighted by molar-refractivity contribution is 5.94. The van der Waals surface area contributed by atoms with Crippen LogP contribution >= 0.6 is 0 Å². The molecule has 1 saturated carbocycles. The molecule has 0 aromatic carbocycles. The molecular formula is C17H29N3O5. The van der Waals surface area contributed by atoms with Crippen LogP contribution in [0.1, 0.15) is 53.4 Å². The molecule has 1 aliphatic carbocycles. The minimum atomic E-state index is -1.16. The van der Waals surface area contributed by atoms with Crippen molar-refractivity contribution in [3.63, 3.8) is 0 Å². The molecule has 0 radical (unpaired) electrons. The molecule has 2 fully saturated rings. The number of hydrogen-bond acceptors (Lipinski definition) is 5. The molecule has 0 aromatic rings. The molecule has 1 heterocycles. The summed E-state index contributed by atoms with van der Waals surface area (Å²) in [6.07, 6.45) is 2.40. The average Bonchev–Trinajstić information content (AvgIpc) is 3.00. The van der Waals surface area contributed by atoms with Crippen molar-refractivity contribution in [1.82, 2.24) is 15.7 Å². The fourth-order valence-electron chi connectivity index (χ4n) is 3.33. The van der Waals surface area contributed by atoms with E-state index in [1.54, 1.807) is 0 Å². The Balaban J connectivity index is 1.93. The Kier molecular flexibility index (Phi) is 5.73. The van der Waals surface area contributed by atoms with Crippen LogP contribution in [0.3, 0.4) is 0 Å². The number of nitrogens with zero attached hydrogens (tertiary/aromatic N) is 1. The van der Waals surface area contributed by atoms with Crippen LogP contribution in [0.5, 0.6) is 0 Å². The predicted octanol–water partition coefficient (Wildman–Crippen LogP) is 0.667. The van der Waals surface area contributed by atoms with Gasteiger partial charge in [0.1, 0.15) is 18.2 Å². The first-order valence-electron chi connectivity index (χ1n) is 8.84. The molecule has 3 unspecified atom stereocenters. The van der Waals surface area contributed by atoms with Crippen molar-refractivity contribution in [2.24, 2.45) is 5.92 Å². The van der Waals surface area contributed by atoms with E-state index < -0.39 is 17.6 Å². The predicted molar refractivity (Wildman–Crippen MR) is 90.5 cm³/mol. The van der Waals surface area contributed by atoms with Gasteiger partial charge in [0.25, 0.3) is 5.91 Å². The van der Waals surface area contributed by atoms with E-state index in [-0.39, 0.29) is 29.9 Å². The zero-order valence-corrected chi connectivity index (χ0v) is 15.4. The first-order valence-corrected chi connectivity index (χ1v) is 8.84. The molecule has 25 heavy (non-hydrogen) atoms. The Labute approximate surface area is 148 Å². The van der Waals surface area contributed by atoms with Gasteiger partial charge in [0, 0.05) is 12.1 Å². The summed E-state index contributed by atoms with van der Waals surface area (Å²) in [5.74, 6) is -1.70. The normalized spacial score (nSPS) is 28.7. The van der Waals surface area contributed by atoms with E-state index in [0.29, 0.717) is 32.2 Å². The van der Waals surface area contributed by atoms with Gasteiger partial charge in [0.15, 0.2) is 0 Å². The zero-order valence-electron chi connectivity index (χ0n) is 15.4. The minimum absolute atomic E-state index is 0.0428. The van der Waals surface area contributed by atoms with Gasteiger partial charge in [-0.3, -0.25) is 14.4 Å². The van der Waals surface area contributed by atoms with E-state index in [4.69, 9.17) is 4.84 Å². The molecule has 0 bridgehead atoms. The number of carboxylic acids is 1. The van der Waals surface area contributed by atoms with Crippen molar-refractivity contribution in [3.05, 3.63) is 0 Å². The number of carboxylic acid groups (broad SMARTS) is 1. The molecule has 8 nitrogen and oxygen atoms in total. The fourth-order valence-corrected chi connectivity index (χ4v) is 3.33. The molecule has 2 aliphatic rings. The van der Waals surface area contributed by atoms with E-state index in [0.717, 1.165) is 0 Å². The number of nitrogens with one attached hydrogen (secondary N) is 2. The van der Waals surface area contributed by atoms with Gasteiger partial charge in [0.2, 0.25) is 5.91 Å². The molecule has 0 aromatic heterocycles. The number of aliphatic carboxylic acids is 1. The molecule has 0 spiro atoms. The van der Waals surface area contributed by atoms with E-state index in [1.807, 2.05) is 27.7 Å². The van der Waals surface area contributed by atoms with Crippen molar-refractivity contribution in [2.75, 3.05) is 13.2 Å². The smallest absolute Gasteiger partial charge is 0.329 e. The molecular weight excluding hydrogens is 326 g/mol. The largest absolute Gasteiger partial charge is 0.479 e. The van der Waals surface area contributed by atoms with E-state index >= 15 is 0 Å². The number of carbonyl (C=O) groups is 3. The average molecular weight is 355 g/mol. The lowest BCUT2D eigenvalue weighted by Gasteiger charge is -2.26. The first kappa shape index (κ1) is 19.7. The highest BCUT2D eigenvalue weighted by Gasteiger charge is 2.61. The van der Waals surface area contributed by atoms with Crippen LogP contribution in [-0.2, 0) is 19.2 Å². The molecule has 2 amide bonds. The van der Waals surface area contributed by atoms with Crippen molar-refractivity contribution in [1.29, 1.82) is 0 Å². The molecule has 8 heteroatoms. The summed E-state index contributed by atoms with van der Waals surface area (Å²) in [5.41, 5.74) is 1.33. The lowest BCUT2D eigenvalue weighted by atomic mass is 10.1. The molecule has 1 aliphatic heterocycles. The van der Waals surface area contributed by atoms with Gasteiger partial charge in [-0.15, -0.1) is 0 Å². The summed E-state index contributed by atoms with van der Waals surface area (Å²) in [7, 11) is 0. The summed E-state index contributed by atoms with van der Waals surface area (Å²) >= 11 is 0. The summed E-state index contributed by atoms with van der Waals surface area (Å²) < 4.78 is 0. The number of amides is 2. The second kappa shape index (κ2) is 7.29. The highest BCUT2D eigenvalue weighted by Crippen LogP contribution is 2.46. The molecule has 3 N–H and O–H groups in total. The Morgan fingerprint density at radius 3 is 2.52 bits per heavy atom. The van der Waals surface area contributed by atoms with Crippen molar-refractivity contribution in [2.45, 2.75) is 70.5 Å². The number of hydrogen-bond donors (Lipinski definition) is 3. The Hall–Kier alpha value is -1.67. The van der Waals surface area contributed by atoms with Crippen LogP contribution in [0.25, 0.3) is 0 Å². The van der Waals surface area contributed by atoms with Gasteiger partial charge < -0.3 is 15.3 Å². The van der Waals surface area contributed by atoms with Crippen molar-refractivity contribution in [3.8, 4) is 0 Å². The van der Waals surface area contributed by atoms with E-state index in [9.17, 15) is 19.5 Å². The second-order valence-electron chi connectivity index (χ2n) is 7.96. The monoisotopic (exact) mass is 355 g/mol. The van der Waals surface area contributed by atoms with Crippen LogP contribution in [0.15, 0.2) is 0 Å². The fraction of sp³-hybridized carbons (Fsp3) is 0.824. The van der Waals surface area contributed by atoms with Gasteiger partial charge in [-0.2, -0.15) is 5.48 Å². The Bertz CT molecular complexity index is 545. The molecule has 3 atom stereocenters. The highest BCUT2D eigenvalue weighted by atomic mass is 16.6. The summed E-state index contributed by atoms with van der Waals surface area (Å²) in [4.78, 5) is 43.2. The Morgan fingerprint density at radius 1 is 1.32 bits per heavy atom. The van der Waals surface area contributed by atoms with Gasteiger partial charge in [-0.25, -0.2) is 4.79 Å². The number of hydroxylamine groups is 1. The minimum Gasteiger partial charge on any atom is -0.479 e. The van der Waals surface area contributed by atoms with Gasteiger partial charge in [0.05, 0.1) is 0 Å². The van der Waals surface area contributed by atoms with Crippen LogP contribution < -0.4 is 10.8 Å². The Morgan fingerprint density at radius 2 is 2.00 bits per heavy atom. The third-order valence-corrected chi connectivity index (χ3v) is 4.78. The quantitative estimate of drug-likeness (QED) is 0.579. The summed E-state index contributed by atoms with van der Waals surface area (Å²) in [5, 5.41) is 12.1. The summed E-state index contributed by atoms with van der Waals surface area (Å²) in [6, 6.07) is -0.625. The van der Waals surface area contributed by atoms with Crippen LogP contribution in [0, 0.1) is 5.92 Å². The van der Waals surface area contributed by atoms with Gasteiger partial charge in [-0.05, 0) is 46.0 Å². The first-order chi connectivity index (χ1) is 11.6. The standard InChI is InChI=1S/C17H29N3O5/c1-5-11-9-17(11,15(23)24)18-14(22)12-7-6-8-20(12)13(21)10-25-19-16(2,3)4/h11-12,19H,5-10H2,1-4H3,(H,18,22)(H,23,24). The zero-order chi connectivity index (χ0) is 18.8. The van der Waals surface area contributed by atoms with Crippen LogP contribution in [0.4, 0.5) is 0 Å². The topological polar surface area (TPSA) is 108 Å². The maximum atomic E-state index is 12.6. The molecule has 2 rings (SSSR count). The van der Waals surface area contributed by atoms with Crippen molar-refractivity contribution < 1.29 is 24.3 Å². The number of rotatable bonds is 7. The van der Waals surface area contributed by atoms with Gasteiger partial charge in [-0.1, -0.05) is 13.3 Å². The van der Waals surface area contributed by atoms with Crippen LogP contribution in [-0.4, -0.2) is 58.1 Å². The lowest BCUT2D eigenvalue weighted by molar-refractivity contribution is -0.148. The van der Waals surface area contributed by atoms with Crippen molar-refractivity contribution >= 4 is 17.8 Å². The maximum absolute atomic E-state index is 12.6.